The standard InChI is InChI=1S/C14H8BrClO2/c15-7-8-1-3-12-10(5-8)14(17)11-6-9(16)2-4-13(11)18-12/h1-6H,7H2. The monoisotopic (exact) mass is 322 g/mol. The van der Waals surface area contributed by atoms with Gasteiger partial charge in [-0.25, -0.2) is 0 Å². The Morgan fingerprint density at radius 2 is 1.72 bits per heavy atom. The summed E-state index contributed by atoms with van der Waals surface area (Å²) in [6, 6.07) is 10.7. The second-order valence-electron chi connectivity index (χ2n) is 4.04. The number of fused-ring (bicyclic) bond motifs is 2. The molecule has 4 heteroatoms. The van der Waals surface area contributed by atoms with Crippen LogP contribution in [0.4, 0.5) is 0 Å². The second kappa shape index (κ2) is 4.41. The van der Waals surface area contributed by atoms with Crippen molar-refractivity contribution in [3.05, 3.63) is 57.2 Å². The molecule has 0 spiro atoms. The van der Waals surface area contributed by atoms with Gasteiger partial charge >= 0.3 is 0 Å². The molecule has 3 rings (SSSR count). The van der Waals surface area contributed by atoms with E-state index in [0.29, 0.717) is 32.3 Å². The molecule has 0 aliphatic heterocycles. The van der Waals surface area contributed by atoms with Gasteiger partial charge in [-0.05, 0) is 35.9 Å². The van der Waals surface area contributed by atoms with Crippen LogP contribution in [0.5, 0.6) is 0 Å². The summed E-state index contributed by atoms with van der Waals surface area (Å²) >= 11 is 9.29. The van der Waals surface area contributed by atoms with Crippen LogP contribution < -0.4 is 5.43 Å². The molecule has 0 bridgehead atoms. The highest BCUT2D eigenvalue weighted by Gasteiger charge is 2.08. The van der Waals surface area contributed by atoms with Crippen molar-refractivity contribution in [3.63, 3.8) is 0 Å². The van der Waals surface area contributed by atoms with Gasteiger partial charge in [-0.3, -0.25) is 4.79 Å². The number of benzene rings is 2. The Bertz CT molecular complexity index is 808. The molecular weight excluding hydrogens is 316 g/mol. The molecule has 90 valence electrons. The van der Waals surface area contributed by atoms with Gasteiger partial charge in [0.05, 0.1) is 10.8 Å². The Hall–Kier alpha value is -1.32. The molecule has 0 amide bonds. The third kappa shape index (κ3) is 1.84. The quantitative estimate of drug-likeness (QED) is 0.488. The molecular formula is C14H8BrClO2. The van der Waals surface area contributed by atoms with Crippen molar-refractivity contribution in [3.8, 4) is 0 Å². The molecule has 2 nitrogen and oxygen atoms in total. The van der Waals surface area contributed by atoms with Gasteiger partial charge in [-0.2, -0.15) is 0 Å². The van der Waals surface area contributed by atoms with Crippen LogP contribution in [-0.4, -0.2) is 0 Å². The van der Waals surface area contributed by atoms with Crippen molar-refractivity contribution in [1.82, 2.24) is 0 Å². The maximum absolute atomic E-state index is 12.4. The highest BCUT2D eigenvalue weighted by molar-refractivity contribution is 9.08. The van der Waals surface area contributed by atoms with Crippen LogP contribution in [0.3, 0.4) is 0 Å². The summed E-state index contributed by atoms with van der Waals surface area (Å²) in [5.41, 5.74) is 2.15. The zero-order valence-corrected chi connectivity index (χ0v) is 11.6. The smallest absolute Gasteiger partial charge is 0.200 e. The summed E-state index contributed by atoms with van der Waals surface area (Å²) in [6.45, 7) is 0. The summed E-state index contributed by atoms with van der Waals surface area (Å²) in [7, 11) is 0. The predicted molar refractivity (Wildman–Crippen MR) is 77.6 cm³/mol. The fourth-order valence-electron chi connectivity index (χ4n) is 1.96. The van der Waals surface area contributed by atoms with E-state index < -0.39 is 0 Å². The normalized spacial score (nSPS) is 11.2. The van der Waals surface area contributed by atoms with Crippen LogP contribution in [0.1, 0.15) is 5.56 Å². The molecule has 0 N–H and O–H groups in total. The maximum Gasteiger partial charge on any atom is 0.200 e. The molecule has 2 aromatic carbocycles. The van der Waals surface area contributed by atoms with Gasteiger partial charge in [0.15, 0.2) is 0 Å². The Balaban J connectivity index is 2.49. The van der Waals surface area contributed by atoms with Crippen molar-refractivity contribution in [2.24, 2.45) is 0 Å². The highest BCUT2D eigenvalue weighted by atomic mass is 79.9. The van der Waals surface area contributed by atoms with E-state index in [-0.39, 0.29) is 5.43 Å². The lowest BCUT2D eigenvalue weighted by atomic mass is 10.1. The highest BCUT2D eigenvalue weighted by Crippen LogP contribution is 2.22. The lowest BCUT2D eigenvalue weighted by Gasteiger charge is -2.03. The molecule has 0 atom stereocenters. The molecule has 0 fully saturated rings. The molecule has 1 heterocycles. The van der Waals surface area contributed by atoms with E-state index in [1.54, 1.807) is 18.2 Å². The number of halogens is 2. The van der Waals surface area contributed by atoms with Crippen LogP contribution >= 0.6 is 27.5 Å². The van der Waals surface area contributed by atoms with Crippen molar-refractivity contribution in [2.75, 3.05) is 0 Å². The Kier molecular flexibility index (Phi) is 2.88. The van der Waals surface area contributed by atoms with Crippen LogP contribution in [0.15, 0.2) is 45.6 Å². The van der Waals surface area contributed by atoms with E-state index in [9.17, 15) is 4.79 Å². The van der Waals surface area contributed by atoms with E-state index in [1.807, 2.05) is 18.2 Å². The van der Waals surface area contributed by atoms with E-state index in [0.717, 1.165) is 5.56 Å². The minimum absolute atomic E-state index is 0.0449. The van der Waals surface area contributed by atoms with Gasteiger partial charge in [-0.1, -0.05) is 33.6 Å². The lowest BCUT2D eigenvalue weighted by molar-refractivity contribution is 0.660. The van der Waals surface area contributed by atoms with E-state index in [1.165, 1.54) is 0 Å². The second-order valence-corrected chi connectivity index (χ2v) is 5.03. The van der Waals surface area contributed by atoms with Crippen molar-refractivity contribution in [1.29, 1.82) is 0 Å². The van der Waals surface area contributed by atoms with Crippen molar-refractivity contribution < 1.29 is 4.42 Å². The first-order valence-electron chi connectivity index (χ1n) is 5.40. The van der Waals surface area contributed by atoms with Crippen LogP contribution in [0.2, 0.25) is 5.02 Å². The Morgan fingerprint density at radius 1 is 1.06 bits per heavy atom. The topological polar surface area (TPSA) is 30.2 Å². The summed E-state index contributed by atoms with van der Waals surface area (Å²) < 4.78 is 5.71. The Morgan fingerprint density at radius 3 is 2.44 bits per heavy atom. The number of hydrogen-bond acceptors (Lipinski definition) is 2. The molecule has 0 unspecified atom stereocenters. The first kappa shape index (κ1) is 11.8. The molecule has 0 saturated heterocycles. The van der Waals surface area contributed by atoms with Crippen molar-refractivity contribution >= 4 is 49.5 Å². The SMILES string of the molecule is O=c1c2cc(Cl)ccc2oc2ccc(CBr)cc12. The summed E-state index contributed by atoms with van der Waals surface area (Å²) in [5.74, 6) is 0. The third-order valence-corrected chi connectivity index (χ3v) is 3.73. The molecule has 0 saturated carbocycles. The van der Waals surface area contributed by atoms with E-state index >= 15 is 0 Å². The molecule has 0 radical (unpaired) electrons. The minimum atomic E-state index is -0.0449. The molecule has 1 aromatic heterocycles. The zero-order valence-electron chi connectivity index (χ0n) is 9.24. The van der Waals surface area contributed by atoms with Gasteiger partial charge in [0, 0.05) is 10.4 Å². The van der Waals surface area contributed by atoms with Crippen molar-refractivity contribution in [2.45, 2.75) is 5.33 Å². The number of rotatable bonds is 1. The fourth-order valence-corrected chi connectivity index (χ4v) is 2.48. The van der Waals surface area contributed by atoms with Gasteiger partial charge in [0.25, 0.3) is 0 Å². The predicted octanol–water partition coefficient (Wildman–Crippen LogP) is 4.49. The zero-order chi connectivity index (χ0) is 12.7. The average molecular weight is 324 g/mol. The molecule has 18 heavy (non-hydrogen) atoms. The molecule has 0 aliphatic rings. The fraction of sp³-hybridized carbons (Fsp3) is 0.0714. The Labute approximate surface area is 116 Å². The first-order chi connectivity index (χ1) is 8.69. The van der Waals surface area contributed by atoms with Gasteiger partial charge < -0.3 is 4.42 Å². The minimum Gasteiger partial charge on any atom is -0.456 e. The summed E-state index contributed by atoms with van der Waals surface area (Å²) in [4.78, 5) is 12.4. The molecule has 0 aliphatic carbocycles. The number of alkyl halides is 1. The maximum atomic E-state index is 12.4. The van der Waals surface area contributed by atoms with Crippen LogP contribution in [-0.2, 0) is 5.33 Å². The van der Waals surface area contributed by atoms with Crippen LogP contribution in [0, 0.1) is 0 Å². The van der Waals surface area contributed by atoms with E-state index in [2.05, 4.69) is 15.9 Å². The summed E-state index contributed by atoms with van der Waals surface area (Å²) in [5, 5.41) is 2.34. The lowest BCUT2D eigenvalue weighted by Crippen LogP contribution is -2.02. The van der Waals surface area contributed by atoms with E-state index in [4.69, 9.17) is 16.0 Å². The third-order valence-electron chi connectivity index (χ3n) is 2.85. The largest absolute Gasteiger partial charge is 0.456 e. The summed E-state index contributed by atoms with van der Waals surface area (Å²) in [6.07, 6.45) is 0. The van der Waals surface area contributed by atoms with Crippen LogP contribution in [0.25, 0.3) is 21.9 Å². The van der Waals surface area contributed by atoms with Gasteiger partial charge in [0.1, 0.15) is 11.2 Å². The van der Waals surface area contributed by atoms with Gasteiger partial charge in [-0.15, -0.1) is 0 Å². The first-order valence-corrected chi connectivity index (χ1v) is 6.90. The van der Waals surface area contributed by atoms with Gasteiger partial charge in [0.2, 0.25) is 5.43 Å². The molecule has 3 aromatic rings. The number of hydrogen-bond donors (Lipinski definition) is 0. The average Bonchev–Trinajstić information content (AvgIpc) is 2.40.